The first-order valence-electron chi connectivity index (χ1n) is 9.08. The predicted molar refractivity (Wildman–Crippen MR) is 99.3 cm³/mol. The number of piperazine rings is 1. The Morgan fingerprint density at radius 2 is 2.14 bits per heavy atom. The topological polar surface area (TPSA) is 72.5 Å². The van der Waals surface area contributed by atoms with Crippen molar-refractivity contribution in [3.8, 4) is 5.75 Å². The van der Waals surface area contributed by atoms with Gasteiger partial charge in [0.25, 0.3) is 5.91 Å². The Kier molecular flexibility index (Phi) is 5.12. The van der Waals surface area contributed by atoms with Gasteiger partial charge in [-0.05, 0) is 36.4 Å². The summed E-state index contributed by atoms with van der Waals surface area (Å²) in [5.41, 5.74) is 0. The van der Waals surface area contributed by atoms with Gasteiger partial charge in [-0.25, -0.2) is 9.37 Å². The van der Waals surface area contributed by atoms with Gasteiger partial charge in [-0.1, -0.05) is 0 Å². The number of halogens is 1. The summed E-state index contributed by atoms with van der Waals surface area (Å²) in [7, 11) is 1.91. The molecule has 3 heterocycles. The molecule has 8 heteroatoms. The fraction of sp³-hybridized carbons (Fsp3) is 0.300. The molecule has 3 aromatic rings. The van der Waals surface area contributed by atoms with Crippen LogP contribution in [0.1, 0.15) is 28.2 Å². The normalized spacial score (nSPS) is 16.9. The first-order valence-corrected chi connectivity index (χ1v) is 9.08. The molecule has 1 aliphatic rings. The fourth-order valence-electron chi connectivity index (χ4n) is 3.27. The molecule has 4 rings (SSSR count). The molecule has 0 aliphatic carbocycles. The van der Waals surface area contributed by atoms with Crippen molar-refractivity contribution in [1.82, 2.24) is 19.8 Å². The summed E-state index contributed by atoms with van der Waals surface area (Å²) < 4.78 is 26.1. The number of hydrogen-bond acceptors (Lipinski definition) is 5. The summed E-state index contributed by atoms with van der Waals surface area (Å²) in [5, 5.41) is 3.31. The van der Waals surface area contributed by atoms with Crippen LogP contribution in [0.15, 0.2) is 53.2 Å². The zero-order valence-electron chi connectivity index (χ0n) is 15.5. The highest BCUT2D eigenvalue weighted by atomic mass is 19.1. The molecule has 1 aromatic carbocycles. The molecule has 2 aromatic heterocycles. The molecular formula is C20H21FN4O3. The van der Waals surface area contributed by atoms with E-state index >= 15 is 0 Å². The molecule has 1 atom stereocenters. The second-order valence-corrected chi connectivity index (χ2v) is 6.62. The van der Waals surface area contributed by atoms with Crippen molar-refractivity contribution in [3.05, 3.63) is 72.0 Å². The SMILES string of the molecule is Cn1ccnc1C1CNCCN1C(=O)c1ccc(COc2ccc(F)cc2)o1. The Bertz CT molecular complexity index is 951. The molecule has 1 N–H and O–H groups in total. The maximum absolute atomic E-state index is 13.0. The van der Waals surface area contributed by atoms with Gasteiger partial charge in [-0.2, -0.15) is 0 Å². The summed E-state index contributed by atoms with van der Waals surface area (Å²) in [6, 6.07) is 8.96. The second-order valence-electron chi connectivity index (χ2n) is 6.62. The van der Waals surface area contributed by atoms with Crippen LogP contribution >= 0.6 is 0 Å². The molecule has 0 spiro atoms. The van der Waals surface area contributed by atoms with Gasteiger partial charge in [-0.3, -0.25) is 4.79 Å². The molecule has 1 aliphatic heterocycles. The van der Waals surface area contributed by atoms with E-state index in [4.69, 9.17) is 9.15 Å². The smallest absolute Gasteiger partial charge is 0.290 e. The highest BCUT2D eigenvalue weighted by Crippen LogP contribution is 2.24. The molecule has 146 valence electrons. The van der Waals surface area contributed by atoms with Gasteiger partial charge in [0.1, 0.15) is 35.8 Å². The number of benzene rings is 1. The number of rotatable bonds is 5. The second kappa shape index (κ2) is 7.85. The standard InChI is InChI=1S/C20H21FN4O3/c1-24-10-9-23-19(24)17-12-22-8-11-25(17)20(26)18-7-6-16(28-18)13-27-15-4-2-14(21)3-5-15/h2-7,9-10,17,22H,8,11-13H2,1H3. The Balaban J connectivity index is 1.45. The van der Waals surface area contributed by atoms with Gasteiger partial charge >= 0.3 is 0 Å². The number of imidazole rings is 1. The van der Waals surface area contributed by atoms with Gasteiger partial charge in [0.05, 0.1) is 0 Å². The summed E-state index contributed by atoms with van der Waals surface area (Å²) in [4.78, 5) is 19.2. The minimum Gasteiger partial charge on any atom is -0.486 e. The van der Waals surface area contributed by atoms with Crippen LogP contribution in [0.25, 0.3) is 0 Å². The van der Waals surface area contributed by atoms with Crippen LogP contribution in [0.5, 0.6) is 5.75 Å². The van der Waals surface area contributed by atoms with Crippen molar-refractivity contribution in [1.29, 1.82) is 0 Å². The van der Waals surface area contributed by atoms with Crippen molar-refractivity contribution >= 4 is 5.91 Å². The third-order valence-electron chi connectivity index (χ3n) is 4.73. The number of ether oxygens (including phenoxy) is 1. The zero-order chi connectivity index (χ0) is 19.5. The lowest BCUT2D eigenvalue weighted by Crippen LogP contribution is -2.49. The minimum atomic E-state index is -0.323. The molecule has 1 fully saturated rings. The van der Waals surface area contributed by atoms with Crippen LogP contribution in [-0.4, -0.2) is 40.0 Å². The van der Waals surface area contributed by atoms with E-state index in [1.54, 1.807) is 35.4 Å². The van der Waals surface area contributed by atoms with Gasteiger partial charge in [0, 0.05) is 39.1 Å². The van der Waals surface area contributed by atoms with Crippen molar-refractivity contribution in [2.24, 2.45) is 7.05 Å². The Morgan fingerprint density at radius 1 is 1.32 bits per heavy atom. The molecule has 0 radical (unpaired) electrons. The minimum absolute atomic E-state index is 0.156. The van der Waals surface area contributed by atoms with Crippen LogP contribution in [-0.2, 0) is 13.7 Å². The van der Waals surface area contributed by atoms with E-state index in [-0.39, 0.29) is 30.1 Å². The van der Waals surface area contributed by atoms with E-state index in [0.29, 0.717) is 31.1 Å². The Hall–Kier alpha value is -3.13. The summed E-state index contributed by atoms with van der Waals surface area (Å²) >= 11 is 0. The molecule has 7 nitrogen and oxygen atoms in total. The number of aromatic nitrogens is 2. The van der Waals surface area contributed by atoms with Gasteiger partial charge in [0.15, 0.2) is 5.76 Å². The van der Waals surface area contributed by atoms with Crippen molar-refractivity contribution < 1.29 is 18.3 Å². The van der Waals surface area contributed by atoms with Crippen LogP contribution in [0.2, 0.25) is 0 Å². The number of nitrogens with one attached hydrogen (secondary N) is 1. The van der Waals surface area contributed by atoms with E-state index in [1.807, 2.05) is 17.8 Å². The number of nitrogens with zero attached hydrogens (tertiary/aromatic N) is 3. The number of aryl methyl sites for hydroxylation is 1. The maximum atomic E-state index is 13.0. The average molecular weight is 384 g/mol. The van der Waals surface area contributed by atoms with E-state index in [2.05, 4.69) is 10.3 Å². The Labute approximate surface area is 161 Å². The van der Waals surface area contributed by atoms with Crippen LogP contribution in [0.3, 0.4) is 0 Å². The maximum Gasteiger partial charge on any atom is 0.290 e. The van der Waals surface area contributed by atoms with Gasteiger partial charge in [-0.15, -0.1) is 0 Å². The lowest BCUT2D eigenvalue weighted by molar-refractivity contribution is 0.0584. The lowest BCUT2D eigenvalue weighted by atomic mass is 10.1. The molecule has 28 heavy (non-hydrogen) atoms. The number of hydrogen-bond donors (Lipinski definition) is 1. The summed E-state index contributed by atoms with van der Waals surface area (Å²) in [6.07, 6.45) is 3.59. The van der Waals surface area contributed by atoms with Crippen LogP contribution in [0, 0.1) is 5.82 Å². The van der Waals surface area contributed by atoms with E-state index < -0.39 is 0 Å². The molecule has 1 amide bonds. The molecule has 0 saturated carbocycles. The Morgan fingerprint density at radius 3 is 2.89 bits per heavy atom. The van der Waals surface area contributed by atoms with E-state index in [9.17, 15) is 9.18 Å². The zero-order valence-corrected chi connectivity index (χ0v) is 15.5. The molecule has 1 saturated heterocycles. The largest absolute Gasteiger partial charge is 0.486 e. The number of carbonyl (C=O) groups is 1. The predicted octanol–water partition coefficient (Wildman–Crippen LogP) is 2.52. The summed E-state index contributed by atoms with van der Waals surface area (Å²) in [6.45, 7) is 2.08. The van der Waals surface area contributed by atoms with E-state index in [1.165, 1.54) is 12.1 Å². The molecule has 0 bridgehead atoms. The van der Waals surface area contributed by atoms with Crippen molar-refractivity contribution in [3.63, 3.8) is 0 Å². The first-order chi connectivity index (χ1) is 13.6. The first kappa shape index (κ1) is 18.2. The van der Waals surface area contributed by atoms with Gasteiger partial charge in [0.2, 0.25) is 0 Å². The molecular weight excluding hydrogens is 363 g/mol. The fourth-order valence-corrected chi connectivity index (χ4v) is 3.27. The van der Waals surface area contributed by atoms with Crippen molar-refractivity contribution in [2.75, 3.05) is 19.6 Å². The quantitative estimate of drug-likeness (QED) is 0.732. The monoisotopic (exact) mass is 384 g/mol. The average Bonchev–Trinajstić information content (AvgIpc) is 3.36. The van der Waals surface area contributed by atoms with E-state index in [0.717, 1.165) is 5.82 Å². The number of furan rings is 1. The molecule has 1 unspecified atom stereocenters. The van der Waals surface area contributed by atoms with Crippen LogP contribution < -0.4 is 10.1 Å². The third kappa shape index (κ3) is 3.77. The van der Waals surface area contributed by atoms with Crippen molar-refractivity contribution in [2.45, 2.75) is 12.6 Å². The third-order valence-corrected chi connectivity index (χ3v) is 4.73. The number of carbonyl (C=O) groups excluding carboxylic acids is 1. The number of amides is 1. The van der Waals surface area contributed by atoms with Gasteiger partial charge < -0.3 is 23.9 Å². The highest BCUT2D eigenvalue weighted by molar-refractivity contribution is 5.92. The summed E-state index contributed by atoms with van der Waals surface area (Å²) in [5.74, 6) is 1.64. The van der Waals surface area contributed by atoms with Crippen LogP contribution in [0.4, 0.5) is 4.39 Å². The highest BCUT2D eigenvalue weighted by Gasteiger charge is 2.32. The lowest BCUT2D eigenvalue weighted by Gasteiger charge is -2.35.